The lowest BCUT2D eigenvalue weighted by molar-refractivity contribution is -0.122. The fourth-order valence-electron chi connectivity index (χ4n) is 5.18. The first kappa shape index (κ1) is 26.9. The summed E-state index contributed by atoms with van der Waals surface area (Å²) in [4.78, 5) is 57.2. The number of aromatic amines is 1. The van der Waals surface area contributed by atoms with E-state index in [1.54, 1.807) is 43.5 Å². The summed E-state index contributed by atoms with van der Waals surface area (Å²) in [6, 6.07) is 21.3. The van der Waals surface area contributed by atoms with Gasteiger partial charge in [-0.15, -0.1) is 0 Å². The summed E-state index contributed by atoms with van der Waals surface area (Å²) in [7, 11) is 1.54. The topological polar surface area (TPSA) is 118 Å². The number of fused-ring (bicyclic) bond motifs is 2. The third-order valence-electron chi connectivity index (χ3n) is 7.10. The predicted octanol–water partition coefficient (Wildman–Crippen LogP) is 4.57. The molecule has 9 nitrogen and oxygen atoms in total. The van der Waals surface area contributed by atoms with Crippen LogP contribution in [0.3, 0.4) is 0 Å². The second-order valence-corrected chi connectivity index (χ2v) is 11.9. The molecule has 3 heterocycles. The number of nitrogens with zero attached hydrogens (tertiary/aromatic N) is 1. The van der Waals surface area contributed by atoms with E-state index < -0.39 is 17.1 Å². The summed E-state index contributed by atoms with van der Waals surface area (Å²) in [5.74, 6) is -1.46. The molecule has 6 rings (SSSR count). The number of H-pyrrole nitrogens is 1. The molecule has 3 aromatic carbocycles. The number of benzene rings is 3. The number of aromatic nitrogens is 1. The number of nitrogens with one attached hydrogen (secondary N) is 2. The van der Waals surface area contributed by atoms with Gasteiger partial charge in [-0.2, -0.15) is 0 Å². The van der Waals surface area contributed by atoms with E-state index in [0.717, 1.165) is 16.9 Å². The quantitative estimate of drug-likeness (QED) is 0.304. The van der Waals surface area contributed by atoms with Crippen molar-refractivity contribution >= 4 is 52.2 Å². The number of para-hydroxylation sites is 1. The lowest BCUT2D eigenvalue weighted by atomic mass is 9.82. The van der Waals surface area contributed by atoms with Crippen molar-refractivity contribution in [1.82, 2.24) is 4.98 Å². The van der Waals surface area contributed by atoms with Crippen LogP contribution in [0.4, 0.5) is 11.4 Å². The molecule has 4 aromatic rings. The lowest BCUT2D eigenvalue weighted by Gasteiger charge is -2.30. The van der Waals surface area contributed by atoms with Gasteiger partial charge in [0.2, 0.25) is 11.8 Å². The number of amides is 3. The highest BCUT2D eigenvalue weighted by atomic mass is 32.2. The molecule has 3 atom stereocenters. The van der Waals surface area contributed by atoms with Crippen LogP contribution in [0.2, 0.25) is 0 Å². The monoisotopic (exact) mass is 587 g/mol. The Morgan fingerprint density at radius 3 is 2.44 bits per heavy atom. The Bertz CT molecular complexity index is 1700. The van der Waals surface area contributed by atoms with Crippen LogP contribution in [0.1, 0.15) is 21.9 Å². The molecular formula is C30H25N3O6S2. The Morgan fingerprint density at radius 1 is 0.976 bits per heavy atom. The second-order valence-electron chi connectivity index (χ2n) is 9.70. The van der Waals surface area contributed by atoms with Crippen molar-refractivity contribution in [2.75, 3.05) is 23.9 Å². The molecule has 11 heteroatoms. The van der Waals surface area contributed by atoms with Crippen LogP contribution in [0, 0.1) is 12.8 Å². The van der Waals surface area contributed by atoms with Crippen LogP contribution in [-0.2, 0) is 14.4 Å². The number of hydrogen-bond donors (Lipinski definition) is 2. The summed E-state index contributed by atoms with van der Waals surface area (Å²) < 4.78 is 11.2. The molecule has 2 N–H and O–H groups in total. The fraction of sp³-hybridized carbons (Fsp3) is 0.200. The van der Waals surface area contributed by atoms with E-state index in [2.05, 4.69) is 10.3 Å². The Morgan fingerprint density at radius 2 is 1.71 bits per heavy atom. The van der Waals surface area contributed by atoms with Crippen molar-refractivity contribution in [2.24, 2.45) is 5.92 Å². The van der Waals surface area contributed by atoms with Crippen molar-refractivity contribution in [2.45, 2.75) is 23.1 Å². The highest BCUT2D eigenvalue weighted by Gasteiger charge is 2.56. The van der Waals surface area contributed by atoms with Crippen LogP contribution >= 0.6 is 23.1 Å². The van der Waals surface area contributed by atoms with Crippen LogP contribution in [0.25, 0.3) is 0 Å². The largest absolute Gasteiger partial charge is 0.497 e. The predicted molar refractivity (Wildman–Crippen MR) is 157 cm³/mol. The second kappa shape index (κ2) is 10.9. The van der Waals surface area contributed by atoms with Gasteiger partial charge in [0.1, 0.15) is 16.7 Å². The van der Waals surface area contributed by atoms with Crippen molar-refractivity contribution in [3.8, 4) is 11.5 Å². The number of hydrogen-bond acceptors (Lipinski definition) is 8. The number of imide groups is 1. The first-order chi connectivity index (χ1) is 19.8. The van der Waals surface area contributed by atoms with Crippen LogP contribution in [0.15, 0.2) is 82.6 Å². The van der Waals surface area contributed by atoms with E-state index in [9.17, 15) is 19.2 Å². The minimum absolute atomic E-state index is 0.262. The Kier molecular flexibility index (Phi) is 7.14. The van der Waals surface area contributed by atoms with E-state index in [1.807, 2.05) is 43.3 Å². The highest BCUT2D eigenvalue weighted by Crippen LogP contribution is 2.54. The number of thiazole rings is 1. The number of aryl methyl sites for hydroxylation is 1. The molecule has 1 fully saturated rings. The maximum Gasteiger partial charge on any atom is 0.305 e. The van der Waals surface area contributed by atoms with Gasteiger partial charge in [-0.1, -0.05) is 59.0 Å². The molecule has 1 saturated heterocycles. The van der Waals surface area contributed by atoms with Crippen molar-refractivity contribution in [3.05, 3.63) is 98.5 Å². The van der Waals surface area contributed by atoms with E-state index in [1.165, 1.54) is 16.7 Å². The molecule has 1 aromatic heterocycles. The van der Waals surface area contributed by atoms with Crippen LogP contribution in [-0.4, -0.2) is 41.7 Å². The van der Waals surface area contributed by atoms with Gasteiger partial charge in [0.05, 0.1) is 23.7 Å². The first-order valence-corrected chi connectivity index (χ1v) is 14.5. The lowest BCUT2D eigenvalue weighted by Crippen LogP contribution is -2.32. The van der Waals surface area contributed by atoms with Crippen molar-refractivity contribution in [3.63, 3.8) is 0 Å². The van der Waals surface area contributed by atoms with Crippen LogP contribution < -0.4 is 24.6 Å². The Labute approximate surface area is 243 Å². The Hall–Kier alpha value is -4.35. The van der Waals surface area contributed by atoms with Gasteiger partial charge >= 0.3 is 4.87 Å². The molecule has 2 aliphatic rings. The summed E-state index contributed by atoms with van der Waals surface area (Å²) >= 11 is 2.22. The fourth-order valence-corrected chi connectivity index (χ4v) is 7.69. The summed E-state index contributed by atoms with van der Waals surface area (Å²) in [6.45, 7) is 1.70. The molecule has 3 unspecified atom stereocenters. The zero-order valence-corrected chi connectivity index (χ0v) is 23.7. The van der Waals surface area contributed by atoms with E-state index in [0.29, 0.717) is 38.3 Å². The minimum Gasteiger partial charge on any atom is -0.497 e. The summed E-state index contributed by atoms with van der Waals surface area (Å²) in [5.41, 5.74) is 2.80. The van der Waals surface area contributed by atoms with Gasteiger partial charge in [-0.05, 0) is 49.4 Å². The average molecular weight is 588 g/mol. The summed E-state index contributed by atoms with van der Waals surface area (Å²) in [5, 5.41) is 2.63. The molecule has 41 heavy (non-hydrogen) atoms. The standard InChI is InChI=1S/C30H25N3O6S2/c1-16-7-9-17(10-8-16)31-22(34)15-39-21-6-4-3-5-20(21)23-24-26(40-27-25(23)41-30(37)32-27)29(36)33(28(24)35)18-11-13-19(38-2)14-12-18/h3-14,23-24,26H,15H2,1-2H3,(H,31,34)(H,32,37). The van der Waals surface area contributed by atoms with Crippen molar-refractivity contribution in [1.29, 1.82) is 0 Å². The van der Waals surface area contributed by atoms with Crippen LogP contribution in [0.5, 0.6) is 11.5 Å². The molecular weight excluding hydrogens is 562 g/mol. The maximum absolute atomic E-state index is 14.0. The van der Waals surface area contributed by atoms with Gasteiger partial charge in [-0.25, -0.2) is 4.90 Å². The first-order valence-electron chi connectivity index (χ1n) is 12.8. The number of rotatable bonds is 7. The zero-order chi connectivity index (χ0) is 28.7. The summed E-state index contributed by atoms with van der Waals surface area (Å²) in [6.07, 6.45) is 0. The molecule has 3 amide bonds. The minimum atomic E-state index is -0.778. The third-order valence-corrected chi connectivity index (χ3v) is 9.50. The van der Waals surface area contributed by atoms with Crippen molar-refractivity contribution < 1.29 is 23.9 Å². The molecule has 0 aliphatic carbocycles. The third kappa shape index (κ3) is 5.02. The smallest absolute Gasteiger partial charge is 0.305 e. The normalized spacial score (nSPS) is 19.5. The number of ether oxygens (including phenoxy) is 2. The molecule has 208 valence electrons. The highest BCUT2D eigenvalue weighted by molar-refractivity contribution is 8.00. The Balaban J connectivity index is 1.33. The number of anilines is 2. The molecule has 0 saturated carbocycles. The maximum atomic E-state index is 14.0. The SMILES string of the molecule is COc1ccc(N2C(=O)C3Sc4[nH]c(=O)sc4C(c4ccccc4OCC(=O)Nc4ccc(C)cc4)C3C2=O)cc1. The van der Waals surface area contributed by atoms with E-state index in [-0.39, 0.29) is 29.2 Å². The van der Waals surface area contributed by atoms with Gasteiger partial charge < -0.3 is 19.8 Å². The van der Waals surface area contributed by atoms with Gasteiger partial charge in [0, 0.05) is 22.0 Å². The van der Waals surface area contributed by atoms with Gasteiger partial charge in [0.15, 0.2) is 6.61 Å². The number of methoxy groups -OCH3 is 1. The average Bonchev–Trinajstić information content (AvgIpc) is 3.47. The molecule has 0 radical (unpaired) electrons. The zero-order valence-electron chi connectivity index (χ0n) is 22.1. The number of carbonyl (C=O) groups excluding carboxylic acids is 3. The van der Waals surface area contributed by atoms with Gasteiger partial charge in [-0.3, -0.25) is 19.2 Å². The number of carbonyl (C=O) groups is 3. The number of thioether (sulfide) groups is 1. The molecule has 2 aliphatic heterocycles. The molecule has 0 bridgehead atoms. The molecule has 0 spiro atoms. The van der Waals surface area contributed by atoms with E-state index in [4.69, 9.17) is 9.47 Å². The van der Waals surface area contributed by atoms with Gasteiger partial charge in [0.25, 0.3) is 5.91 Å². The van der Waals surface area contributed by atoms with E-state index >= 15 is 0 Å².